The van der Waals surface area contributed by atoms with Gasteiger partial charge in [0.05, 0.1) is 23.2 Å². The summed E-state index contributed by atoms with van der Waals surface area (Å²) in [5.74, 6) is -1.68. The summed E-state index contributed by atoms with van der Waals surface area (Å²) >= 11 is 0. The molecule has 0 fully saturated rings. The molecule has 0 unspecified atom stereocenters. The molecule has 1 aromatic heterocycles. The summed E-state index contributed by atoms with van der Waals surface area (Å²) in [5, 5.41) is 24.4. The van der Waals surface area contributed by atoms with Crippen LogP contribution in [0.4, 0.5) is 11.5 Å². The van der Waals surface area contributed by atoms with E-state index in [0.717, 1.165) is 5.56 Å². The predicted octanol–water partition coefficient (Wildman–Crippen LogP) is 5.10. The maximum Gasteiger partial charge on any atom is 0.373 e. The number of carbonyl (C=O) groups is 2. The molecule has 1 amide bonds. The molecule has 230 valence electrons. The van der Waals surface area contributed by atoms with Crippen molar-refractivity contribution in [3.05, 3.63) is 99.6 Å². The van der Waals surface area contributed by atoms with Crippen molar-refractivity contribution >= 4 is 23.4 Å². The van der Waals surface area contributed by atoms with E-state index in [0.29, 0.717) is 5.56 Å². The number of nitriles is 1. The highest BCUT2D eigenvalue weighted by Crippen LogP contribution is 2.40. The SMILES string of the molecule is CCOC(=O)CNc1nc(Oc2cccc(C(=O)N(C)C)c2)nc(Oc2cc(C#N)ccc2OCc2ccccc2)c1[N+](=O)[O-]. The van der Waals surface area contributed by atoms with Gasteiger partial charge in [-0.15, -0.1) is 0 Å². The van der Waals surface area contributed by atoms with E-state index in [4.69, 9.17) is 18.9 Å². The van der Waals surface area contributed by atoms with E-state index in [9.17, 15) is 25.0 Å². The number of ether oxygens (including phenoxy) is 4. The van der Waals surface area contributed by atoms with Crippen molar-refractivity contribution < 1.29 is 33.5 Å². The number of carbonyl (C=O) groups excluding carboxylic acids is 2. The van der Waals surface area contributed by atoms with E-state index in [1.54, 1.807) is 33.2 Å². The number of nitrogens with one attached hydrogen (secondary N) is 1. The zero-order valence-corrected chi connectivity index (χ0v) is 24.6. The summed E-state index contributed by atoms with van der Waals surface area (Å²) in [6.45, 7) is 1.38. The van der Waals surface area contributed by atoms with Crippen LogP contribution in [0, 0.1) is 21.4 Å². The van der Waals surface area contributed by atoms with Crippen LogP contribution in [-0.4, -0.2) is 58.9 Å². The molecule has 14 nitrogen and oxygen atoms in total. The molecule has 0 atom stereocenters. The van der Waals surface area contributed by atoms with E-state index in [1.165, 1.54) is 35.2 Å². The van der Waals surface area contributed by atoms with Crippen LogP contribution in [0.25, 0.3) is 0 Å². The predicted molar refractivity (Wildman–Crippen MR) is 160 cm³/mol. The Morgan fingerprint density at radius 3 is 2.47 bits per heavy atom. The average Bonchev–Trinajstić information content (AvgIpc) is 3.03. The fourth-order valence-corrected chi connectivity index (χ4v) is 3.86. The lowest BCUT2D eigenvalue weighted by Crippen LogP contribution is -2.21. The third kappa shape index (κ3) is 8.42. The van der Waals surface area contributed by atoms with Gasteiger partial charge in [-0.05, 0) is 42.8 Å². The lowest BCUT2D eigenvalue weighted by Gasteiger charge is -2.15. The van der Waals surface area contributed by atoms with Crippen molar-refractivity contribution in [2.24, 2.45) is 0 Å². The van der Waals surface area contributed by atoms with Crippen LogP contribution >= 0.6 is 0 Å². The molecule has 4 rings (SSSR count). The molecule has 0 bridgehead atoms. The number of rotatable bonds is 13. The quantitative estimate of drug-likeness (QED) is 0.120. The van der Waals surface area contributed by atoms with E-state index in [1.807, 2.05) is 36.4 Å². The minimum absolute atomic E-state index is 0.0485. The van der Waals surface area contributed by atoms with Gasteiger partial charge in [-0.25, -0.2) is 0 Å². The van der Waals surface area contributed by atoms with E-state index < -0.39 is 40.8 Å². The molecule has 0 spiro atoms. The zero-order chi connectivity index (χ0) is 32.3. The lowest BCUT2D eigenvalue weighted by atomic mass is 10.2. The van der Waals surface area contributed by atoms with Gasteiger partial charge in [0.2, 0.25) is 5.82 Å². The molecular weight excluding hydrogens is 584 g/mol. The van der Waals surface area contributed by atoms with Crippen LogP contribution in [0.3, 0.4) is 0 Å². The Labute approximate surface area is 257 Å². The van der Waals surface area contributed by atoms with Gasteiger partial charge in [0.15, 0.2) is 11.5 Å². The summed E-state index contributed by atoms with van der Waals surface area (Å²) in [4.78, 5) is 45.7. The van der Waals surface area contributed by atoms with Crippen LogP contribution in [-0.2, 0) is 16.1 Å². The summed E-state index contributed by atoms with van der Waals surface area (Å²) in [6, 6.07) is 21.3. The van der Waals surface area contributed by atoms with Crippen LogP contribution in [0.1, 0.15) is 28.4 Å². The number of benzene rings is 3. The smallest absolute Gasteiger partial charge is 0.373 e. The standard InChI is InChI=1S/C31H28N6O8/c1-4-42-26(38)18-33-28-27(37(40)41)29(35-31(34-28)44-23-12-8-11-22(16-23)30(39)36(2)3)45-25-15-21(17-32)13-14-24(25)43-19-20-9-6-5-7-10-20/h5-16H,4,18-19H2,1-3H3,(H,33,34,35). The monoisotopic (exact) mass is 612 g/mol. The van der Waals surface area contributed by atoms with Gasteiger partial charge in [0, 0.05) is 25.7 Å². The van der Waals surface area contributed by atoms with Crippen molar-refractivity contribution in [1.29, 1.82) is 5.26 Å². The topological polar surface area (TPSA) is 179 Å². The molecule has 0 aliphatic carbocycles. The first-order valence-electron chi connectivity index (χ1n) is 13.5. The lowest BCUT2D eigenvalue weighted by molar-refractivity contribution is -0.385. The second-order valence-electron chi connectivity index (χ2n) is 9.40. The van der Waals surface area contributed by atoms with Crippen LogP contribution in [0.15, 0.2) is 72.8 Å². The number of amides is 1. The van der Waals surface area contributed by atoms with Crippen LogP contribution < -0.4 is 19.5 Å². The highest BCUT2D eigenvalue weighted by atomic mass is 16.6. The van der Waals surface area contributed by atoms with Gasteiger partial charge in [-0.3, -0.25) is 19.7 Å². The van der Waals surface area contributed by atoms with E-state index in [2.05, 4.69) is 15.3 Å². The Kier molecular flexibility index (Phi) is 10.4. The number of hydrogen-bond donors (Lipinski definition) is 1. The molecule has 0 saturated heterocycles. The van der Waals surface area contributed by atoms with Crippen molar-refractivity contribution in [1.82, 2.24) is 14.9 Å². The molecular formula is C31H28N6O8. The summed E-state index contributed by atoms with van der Waals surface area (Å²) in [5.41, 5.74) is 0.620. The van der Waals surface area contributed by atoms with Gasteiger partial charge in [-0.1, -0.05) is 36.4 Å². The maximum absolute atomic E-state index is 12.5. The molecule has 1 heterocycles. The highest BCUT2D eigenvalue weighted by Gasteiger charge is 2.29. The van der Waals surface area contributed by atoms with Gasteiger partial charge >= 0.3 is 23.5 Å². The van der Waals surface area contributed by atoms with Crippen molar-refractivity contribution in [3.8, 4) is 35.2 Å². The number of nitrogens with zero attached hydrogens (tertiary/aromatic N) is 5. The Bertz CT molecular complexity index is 1740. The first kappa shape index (κ1) is 31.7. The van der Waals surface area contributed by atoms with Gasteiger partial charge in [0.1, 0.15) is 18.9 Å². The average molecular weight is 613 g/mol. The zero-order valence-electron chi connectivity index (χ0n) is 24.6. The molecule has 45 heavy (non-hydrogen) atoms. The Morgan fingerprint density at radius 2 is 1.78 bits per heavy atom. The summed E-state index contributed by atoms with van der Waals surface area (Å²) in [7, 11) is 3.19. The third-order valence-corrected chi connectivity index (χ3v) is 5.93. The molecule has 0 aliphatic rings. The minimum Gasteiger partial charge on any atom is -0.485 e. The second-order valence-corrected chi connectivity index (χ2v) is 9.40. The first-order chi connectivity index (χ1) is 21.7. The van der Waals surface area contributed by atoms with Crippen LogP contribution in [0.2, 0.25) is 0 Å². The third-order valence-electron chi connectivity index (χ3n) is 5.93. The van der Waals surface area contributed by atoms with Gasteiger partial charge < -0.3 is 29.2 Å². The summed E-state index contributed by atoms with van der Waals surface area (Å²) < 4.78 is 22.6. The number of aromatic nitrogens is 2. The molecule has 4 aromatic rings. The molecule has 14 heteroatoms. The number of esters is 1. The number of anilines is 1. The Morgan fingerprint density at radius 1 is 1.00 bits per heavy atom. The normalized spacial score (nSPS) is 10.3. The molecule has 0 saturated carbocycles. The summed E-state index contributed by atoms with van der Waals surface area (Å²) in [6.07, 6.45) is 0. The van der Waals surface area contributed by atoms with Crippen molar-refractivity contribution in [3.63, 3.8) is 0 Å². The number of hydrogen-bond acceptors (Lipinski definition) is 12. The highest BCUT2D eigenvalue weighted by molar-refractivity contribution is 5.94. The fourth-order valence-electron chi connectivity index (χ4n) is 3.86. The Hall–Kier alpha value is -6.23. The van der Waals surface area contributed by atoms with Gasteiger partial charge in [0.25, 0.3) is 5.91 Å². The van der Waals surface area contributed by atoms with E-state index >= 15 is 0 Å². The van der Waals surface area contributed by atoms with Gasteiger partial charge in [-0.2, -0.15) is 15.2 Å². The minimum atomic E-state index is -0.790. The van der Waals surface area contributed by atoms with Crippen LogP contribution in [0.5, 0.6) is 29.1 Å². The first-order valence-corrected chi connectivity index (χ1v) is 13.5. The van der Waals surface area contributed by atoms with Crippen molar-refractivity contribution in [2.75, 3.05) is 32.6 Å². The fraction of sp³-hybridized carbons (Fsp3) is 0.194. The number of nitro groups is 1. The molecule has 0 aliphatic heterocycles. The van der Waals surface area contributed by atoms with E-state index in [-0.39, 0.29) is 41.9 Å². The molecule has 0 radical (unpaired) electrons. The Balaban J connectivity index is 1.77. The van der Waals surface area contributed by atoms with Crippen molar-refractivity contribution in [2.45, 2.75) is 13.5 Å². The molecule has 1 N–H and O–H groups in total. The maximum atomic E-state index is 12.5. The molecule has 3 aromatic carbocycles. The second kappa shape index (κ2) is 14.8. The largest absolute Gasteiger partial charge is 0.485 e.